The number of nitrogens with one attached hydrogen (secondary N) is 2. The van der Waals surface area contributed by atoms with Crippen LogP contribution >= 0.6 is 0 Å². The molecule has 1 aromatic heterocycles. The molecule has 43 heavy (non-hydrogen) atoms. The summed E-state index contributed by atoms with van der Waals surface area (Å²) in [6, 6.07) is 12.2. The first-order valence-corrected chi connectivity index (χ1v) is 13.9. The van der Waals surface area contributed by atoms with Crippen molar-refractivity contribution in [2.75, 3.05) is 26.9 Å². The molecule has 0 radical (unpaired) electrons. The molecule has 2 aliphatic rings. The Morgan fingerprint density at radius 2 is 1.74 bits per heavy atom. The summed E-state index contributed by atoms with van der Waals surface area (Å²) < 4.78 is 73.9. The van der Waals surface area contributed by atoms with Crippen LogP contribution in [0.1, 0.15) is 48.3 Å². The van der Waals surface area contributed by atoms with Crippen LogP contribution in [-0.2, 0) is 15.9 Å². The minimum atomic E-state index is -5.23. The summed E-state index contributed by atoms with van der Waals surface area (Å²) in [5.74, 6) is -0.700. The molecule has 2 aromatic carbocycles. The number of ether oxygens (including phenoxy) is 3. The van der Waals surface area contributed by atoms with Gasteiger partial charge in [0.25, 0.3) is 5.91 Å². The Morgan fingerprint density at radius 3 is 2.33 bits per heavy atom. The van der Waals surface area contributed by atoms with Gasteiger partial charge in [-0.05, 0) is 86.8 Å². The van der Waals surface area contributed by atoms with Gasteiger partial charge in [0.05, 0.1) is 50.4 Å². The molecule has 1 saturated carbocycles. The van der Waals surface area contributed by atoms with Gasteiger partial charge in [-0.1, -0.05) is 0 Å². The van der Waals surface area contributed by atoms with Gasteiger partial charge in [-0.15, -0.1) is 0 Å². The number of pyridine rings is 1. The summed E-state index contributed by atoms with van der Waals surface area (Å²) in [5.41, 5.74) is -4.29. The number of rotatable bonds is 11. The van der Waals surface area contributed by atoms with Crippen LogP contribution in [0.3, 0.4) is 0 Å². The number of hydrogen-bond donors (Lipinski definition) is 3. The fourth-order valence-electron chi connectivity index (χ4n) is 4.70. The van der Waals surface area contributed by atoms with Crippen LogP contribution in [0.5, 0.6) is 11.5 Å². The lowest BCUT2D eigenvalue weighted by Crippen LogP contribution is -2.54. The molecule has 3 aromatic rings. The Balaban J connectivity index is 1.48. The minimum Gasteiger partial charge on any atom is -0.493 e. The van der Waals surface area contributed by atoms with E-state index >= 15 is 0 Å². The van der Waals surface area contributed by atoms with E-state index in [0.717, 1.165) is 12.8 Å². The number of methoxy groups -OCH3 is 1. The monoisotopic (exact) mass is 603 g/mol. The van der Waals surface area contributed by atoms with Gasteiger partial charge in [-0.25, -0.2) is 9.37 Å². The van der Waals surface area contributed by atoms with Gasteiger partial charge in [-0.2, -0.15) is 13.2 Å². The van der Waals surface area contributed by atoms with Crippen LogP contribution in [0.15, 0.2) is 54.6 Å². The lowest BCUT2D eigenvalue weighted by molar-refractivity contribution is -0.265. The smallest absolute Gasteiger partial charge is 0.424 e. The summed E-state index contributed by atoms with van der Waals surface area (Å²) in [6.45, 7) is 3.25. The number of hydrogen-bond acceptors (Lipinski definition) is 7. The SMILES string of the molecule is COc1cc(C(=O)NCC(O)(c2cc(C(C)(C)NC3COC3)cc(-c3ccc(F)cc3)n2)C(F)(F)F)ccc1OC1CC1. The van der Waals surface area contributed by atoms with E-state index in [4.69, 9.17) is 14.2 Å². The Bertz CT molecular complexity index is 1470. The number of carbonyl (C=O) groups excluding carboxylic acids is 1. The van der Waals surface area contributed by atoms with E-state index in [-0.39, 0.29) is 29.2 Å². The molecule has 0 bridgehead atoms. The summed E-state index contributed by atoms with van der Waals surface area (Å²) in [6.07, 6.45) is -3.35. The van der Waals surface area contributed by atoms with Crippen molar-refractivity contribution in [1.29, 1.82) is 0 Å². The number of benzene rings is 2. The van der Waals surface area contributed by atoms with Crippen molar-refractivity contribution in [3.8, 4) is 22.8 Å². The molecule has 12 heteroatoms. The van der Waals surface area contributed by atoms with Gasteiger partial charge < -0.3 is 30.0 Å². The quantitative estimate of drug-likeness (QED) is 0.270. The number of alkyl halides is 3. The Kier molecular flexibility index (Phi) is 8.39. The third-order valence-corrected chi connectivity index (χ3v) is 7.53. The molecule has 1 atom stereocenters. The molecule has 5 rings (SSSR count). The molecule has 1 amide bonds. The van der Waals surface area contributed by atoms with E-state index in [2.05, 4.69) is 15.6 Å². The molecule has 1 aliphatic heterocycles. The van der Waals surface area contributed by atoms with Crippen molar-refractivity contribution in [1.82, 2.24) is 15.6 Å². The van der Waals surface area contributed by atoms with E-state index in [1.165, 1.54) is 55.6 Å². The van der Waals surface area contributed by atoms with Crippen LogP contribution in [0.4, 0.5) is 17.6 Å². The third-order valence-electron chi connectivity index (χ3n) is 7.53. The predicted molar refractivity (Wildman–Crippen MR) is 149 cm³/mol. The van der Waals surface area contributed by atoms with Crippen molar-refractivity contribution in [2.45, 2.75) is 56.2 Å². The maximum Gasteiger partial charge on any atom is 0.424 e. The molecular weight excluding hydrogens is 570 g/mol. The summed E-state index contributed by atoms with van der Waals surface area (Å²) in [7, 11) is 1.39. The van der Waals surface area contributed by atoms with Crippen molar-refractivity contribution in [3.05, 3.63) is 77.2 Å². The van der Waals surface area contributed by atoms with Crippen molar-refractivity contribution >= 4 is 5.91 Å². The Morgan fingerprint density at radius 1 is 1.05 bits per heavy atom. The first-order chi connectivity index (χ1) is 20.3. The summed E-state index contributed by atoms with van der Waals surface area (Å²) in [5, 5.41) is 16.8. The van der Waals surface area contributed by atoms with Gasteiger partial charge in [0.1, 0.15) is 5.82 Å². The minimum absolute atomic E-state index is 0.0141. The van der Waals surface area contributed by atoms with Crippen LogP contribution in [0, 0.1) is 5.82 Å². The van der Waals surface area contributed by atoms with Gasteiger partial charge >= 0.3 is 6.18 Å². The van der Waals surface area contributed by atoms with Gasteiger partial charge in [0, 0.05) is 16.7 Å². The average Bonchev–Trinajstić information content (AvgIpc) is 3.77. The second kappa shape index (κ2) is 11.7. The van der Waals surface area contributed by atoms with Crippen molar-refractivity contribution in [3.63, 3.8) is 0 Å². The predicted octanol–water partition coefficient (Wildman–Crippen LogP) is 4.84. The highest BCUT2D eigenvalue weighted by molar-refractivity contribution is 5.95. The molecule has 0 spiro atoms. The molecule has 8 nitrogen and oxygen atoms in total. The van der Waals surface area contributed by atoms with Crippen LogP contribution in [0.25, 0.3) is 11.3 Å². The average molecular weight is 604 g/mol. The normalized spacial score (nSPS) is 17.1. The third kappa shape index (κ3) is 6.76. The highest BCUT2D eigenvalue weighted by atomic mass is 19.4. The molecule has 1 unspecified atom stereocenters. The number of halogens is 4. The number of nitrogens with zero attached hydrogens (tertiary/aromatic N) is 1. The highest BCUT2D eigenvalue weighted by Gasteiger charge is 2.56. The number of amides is 1. The van der Waals surface area contributed by atoms with E-state index < -0.39 is 41.3 Å². The molecule has 1 aliphatic carbocycles. The maximum atomic E-state index is 14.7. The molecule has 3 N–H and O–H groups in total. The second-order valence-electron chi connectivity index (χ2n) is 11.4. The zero-order valence-electron chi connectivity index (χ0n) is 23.9. The molecule has 2 heterocycles. The topological polar surface area (TPSA) is 102 Å². The standard InChI is InChI=1S/C31H33F4N3O5/c1-29(2,38-22-15-42-16-22)20-13-24(18-4-7-21(32)8-5-18)37-27(14-20)30(40,31(33,34)35)17-36-28(39)19-6-11-25(26(12-19)41-3)43-23-9-10-23/h4-8,11-14,22-23,38,40H,9-10,15-17H2,1-3H3,(H,36,39). The molecule has 230 valence electrons. The van der Waals surface area contributed by atoms with Gasteiger partial charge in [0.15, 0.2) is 11.5 Å². The highest BCUT2D eigenvalue weighted by Crippen LogP contribution is 2.40. The largest absolute Gasteiger partial charge is 0.493 e. The summed E-state index contributed by atoms with van der Waals surface area (Å²) >= 11 is 0. The van der Waals surface area contributed by atoms with E-state index in [0.29, 0.717) is 30.1 Å². The Hall–Kier alpha value is -3.74. The maximum absolute atomic E-state index is 14.7. The van der Waals surface area contributed by atoms with Crippen molar-refractivity contribution in [2.24, 2.45) is 0 Å². The zero-order chi connectivity index (χ0) is 31.0. The lowest BCUT2D eigenvalue weighted by Gasteiger charge is -2.38. The molecular formula is C31H33F4N3O5. The van der Waals surface area contributed by atoms with E-state index in [1.54, 1.807) is 19.9 Å². The lowest BCUT2D eigenvalue weighted by atomic mass is 9.88. The van der Waals surface area contributed by atoms with Crippen LogP contribution in [-0.4, -0.2) is 61.2 Å². The van der Waals surface area contributed by atoms with E-state index in [9.17, 15) is 27.5 Å². The number of aromatic nitrogens is 1. The zero-order valence-corrected chi connectivity index (χ0v) is 23.9. The van der Waals surface area contributed by atoms with Gasteiger partial charge in [0.2, 0.25) is 5.60 Å². The van der Waals surface area contributed by atoms with Crippen LogP contribution < -0.4 is 20.1 Å². The first kappa shape index (κ1) is 30.7. The molecule has 1 saturated heterocycles. The van der Waals surface area contributed by atoms with E-state index in [1.807, 2.05) is 0 Å². The van der Waals surface area contributed by atoms with Crippen molar-refractivity contribution < 1.29 is 41.7 Å². The van der Waals surface area contributed by atoms with Gasteiger partial charge in [-0.3, -0.25) is 4.79 Å². The fraction of sp³-hybridized carbons (Fsp3) is 0.419. The molecule has 2 fully saturated rings. The fourth-order valence-corrected chi connectivity index (χ4v) is 4.70. The summed E-state index contributed by atoms with van der Waals surface area (Å²) in [4.78, 5) is 17.2. The number of aliphatic hydroxyl groups is 1. The Labute approximate surface area is 246 Å². The number of carbonyl (C=O) groups is 1. The second-order valence-corrected chi connectivity index (χ2v) is 11.4. The van der Waals surface area contributed by atoms with Crippen LogP contribution in [0.2, 0.25) is 0 Å². The first-order valence-electron chi connectivity index (χ1n) is 13.9.